The minimum Gasteiger partial charge on any atom is -0.436 e. The van der Waals surface area contributed by atoms with E-state index in [-0.39, 0.29) is 11.9 Å². The van der Waals surface area contributed by atoms with E-state index in [2.05, 4.69) is 0 Å². The van der Waals surface area contributed by atoms with Crippen LogP contribution in [-0.4, -0.2) is 47.1 Å². The van der Waals surface area contributed by atoms with Crippen molar-refractivity contribution in [3.05, 3.63) is 0 Å². The van der Waals surface area contributed by atoms with Crippen molar-refractivity contribution in [3.63, 3.8) is 0 Å². The van der Waals surface area contributed by atoms with Crippen molar-refractivity contribution >= 4 is 15.5 Å². The van der Waals surface area contributed by atoms with Gasteiger partial charge in [0, 0.05) is 32.3 Å². The van der Waals surface area contributed by atoms with E-state index in [0.717, 1.165) is 0 Å². The lowest BCUT2D eigenvalue weighted by Crippen LogP contribution is -2.31. The molecule has 18 heavy (non-hydrogen) atoms. The maximum Gasteiger partial charge on any atom is 0.307 e. The second-order valence-electron chi connectivity index (χ2n) is 3.44. The van der Waals surface area contributed by atoms with Crippen LogP contribution in [0, 0.1) is 0 Å². The maximum absolute atomic E-state index is 11.1. The van der Waals surface area contributed by atoms with Crippen LogP contribution in [0.25, 0.3) is 0 Å². The molecule has 0 aliphatic rings. The minimum atomic E-state index is -0.464. The highest BCUT2D eigenvalue weighted by Crippen LogP contribution is 2.03. The SMILES string of the molecule is CCOC(OCC)[Si]COC(CC)OC(=O)CC. The van der Waals surface area contributed by atoms with Crippen molar-refractivity contribution in [1.82, 2.24) is 0 Å². The van der Waals surface area contributed by atoms with Crippen LogP contribution in [-0.2, 0) is 23.7 Å². The van der Waals surface area contributed by atoms with Gasteiger partial charge in [0.15, 0.2) is 0 Å². The Morgan fingerprint density at radius 1 is 1.06 bits per heavy atom. The zero-order valence-corrected chi connectivity index (χ0v) is 12.7. The van der Waals surface area contributed by atoms with Crippen molar-refractivity contribution in [1.29, 1.82) is 0 Å². The molecular formula is C12H24O5Si. The highest BCUT2D eigenvalue weighted by atomic mass is 28.2. The molecule has 106 valence electrons. The molecule has 6 heteroatoms. The highest BCUT2D eigenvalue weighted by molar-refractivity contribution is 6.36. The lowest BCUT2D eigenvalue weighted by atomic mass is 10.4. The number of carbonyl (C=O) groups is 1. The van der Waals surface area contributed by atoms with E-state index >= 15 is 0 Å². The van der Waals surface area contributed by atoms with Crippen LogP contribution in [0.4, 0.5) is 0 Å². The van der Waals surface area contributed by atoms with Gasteiger partial charge < -0.3 is 18.9 Å². The second-order valence-corrected chi connectivity index (χ2v) is 4.61. The van der Waals surface area contributed by atoms with Gasteiger partial charge in [0.2, 0.25) is 6.29 Å². The van der Waals surface area contributed by atoms with E-state index in [1.54, 1.807) is 6.92 Å². The number of hydrogen-bond donors (Lipinski definition) is 0. The van der Waals surface area contributed by atoms with Crippen molar-refractivity contribution in [2.75, 3.05) is 19.4 Å². The number of carbonyl (C=O) groups excluding carboxylic acids is 1. The van der Waals surface area contributed by atoms with E-state index < -0.39 is 6.29 Å². The Hall–Kier alpha value is -0.433. The zero-order chi connectivity index (χ0) is 13.8. The highest BCUT2D eigenvalue weighted by Gasteiger charge is 2.14. The summed E-state index contributed by atoms with van der Waals surface area (Å²) >= 11 is 0. The molecule has 0 rings (SSSR count). The largest absolute Gasteiger partial charge is 0.436 e. The van der Waals surface area contributed by atoms with E-state index in [1.807, 2.05) is 20.8 Å². The van der Waals surface area contributed by atoms with Crippen LogP contribution in [0.3, 0.4) is 0 Å². The molecule has 0 aromatic rings. The third kappa shape index (κ3) is 8.63. The quantitative estimate of drug-likeness (QED) is 0.327. The first-order valence-electron chi connectivity index (χ1n) is 6.45. The van der Waals surface area contributed by atoms with Gasteiger partial charge >= 0.3 is 5.97 Å². The van der Waals surface area contributed by atoms with Crippen molar-refractivity contribution in [2.24, 2.45) is 0 Å². The molecule has 0 aromatic heterocycles. The normalized spacial score (nSPS) is 12.7. The molecule has 0 aromatic carbocycles. The Kier molecular flexibility index (Phi) is 11.4. The lowest BCUT2D eigenvalue weighted by Gasteiger charge is -2.19. The lowest BCUT2D eigenvalue weighted by molar-refractivity contribution is -0.175. The summed E-state index contributed by atoms with van der Waals surface area (Å²) in [7, 11) is 0.372. The molecule has 1 atom stereocenters. The number of rotatable bonds is 11. The molecule has 0 aliphatic carbocycles. The van der Waals surface area contributed by atoms with Gasteiger partial charge in [-0.05, 0) is 13.8 Å². The summed E-state index contributed by atoms with van der Waals surface area (Å²) < 4.78 is 21.4. The standard InChI is InChI=1S/C12H24O5Si/c1-5-10(13)17-11(6-2)16-9-18-12(14-7-3)15-8-4/h11-12H,5-9H2,1-4H3. The molecule has 0 heterocycles. The maximum atomic E-state index is 11.1. The fourth-order valence-electron chi connectivity index (χ4n) is 1.14. The van der Waals surface area contributed by atoms with Crippen molar-refractivity contribution < 1.29 is 23.7 Å². The Morgan fingerprint density at radius 3 is 2.11 bits per heavy atom. The van der Waals surface area contributed by atoms with Crippen LogP contribution in [0.5, 0.6) is 0 Å². The summed E-state index contributed by atoms with van der Waals surface area (Å²) in [6.45, 7) is 8.75. The fourth-order valence-corrected chi connectivity index (χ4v) is 2.13. The van der Waals surface area contributed by atoms with Gasteiger partial charge in [-0.15, -0.1) is 0 Å². The van der Waals surface area contributed by atoms with Crippen LogP contribution < -0.4 is 0 Å². The first kappa shape index (κ1) is 17.6. The minimum absolute atomic E-state index is 0.223. The molecule has 0 saturated heterocycles. The molecule has 0 amide bonds. The third-order valence-corrected chi connectivity index (χ3v) is 3.04. The zero-order valence-electron chi connectivity index (χ0n) is 11.7. The molecule has 0 spiro atoms. The molecule has 0 bridgehead atoms. The second kappa shape index (κ2) is 11.6. The number of esters is 1. The Labute approximate surface area is 112 Å². The van der Waals surface area contributed by atoms with Crippen LogP contribution in [0.2, 0.25) is 0 Å². The van der Waals surface area contributed by atoms with Crippen LogP contribution in [0.15, 0.2) is 0 Å². The number of ether oxygens (including phenoxy) is 4. The number of hydrogen-bond acceptors (Lipinski definition) is 5. The van der Waals surface area contributed by atoms with Crippen LogP contribution in [0.1, 0.15) is 40.5 Å². The monoisotopic (exact) mass is 276 g/mol. The molecule has 2 radical (unpaired) electrons. The van der Waals surface area contributed by atoms with Gasteiger partial charge in [-0.1, -0.05) is 13.8 Å². The Morgan fingerprint density at radius 2 is 1.67 bits per heavy atom. The van der Waals surface area contributed by atoms with Gasteiger partial charge in [-0.25, -0.2) is 0 Å². The summed E-state index contributed by atoms with van der Waals surface area (Å²) in [5, 5.41) is 0. The van der Waals surface area contributed by atoms with Gasteiger partial charge in [0.1, 0.15) is 15.4 Å². The van der Waals surface area contributed by atoms with Crippen molar-refractivity contribution in [3.8, 4) is 0 Å². The summed E-state index contributed by atoms with van der Waals surface area (Å²) in [6.07, 6.45) is 1.02. The topological polar surface area (TPSA) is 54.0 Å². The summed E-state index contributed by atoms with van der Waals surface area (Å²) in [4.78, 5) is 11.1. The Balaban J connectivity index is 3.85. The molecule has 0 saturated carbocycles. The third-order valence-electron chi connectivity index (χ3n) is 2.04. The van der Waals surface area contributed by atoms with Crippen molar-refractivity contribution in [2.45, 2.75) is 52.7 Å². The summed E-state index contributed by atoms with van der Waals surface area (Å²) in [5.74, 6) is -0.462. The van der Waals surface area contributed by atoms with Gasteiger partial charge in [0.05, 0.1) is 0 Å². The molecular weight excluding hydrogens is 252 g/mol. The predicted octanol–water partition coefficient (Wildman–Crippen LogP) is 1.71. The summed E-state index contributed by atoms with van der Waals surface area (Å²) in [5.41, 5.74) is 0. The molecule has 0 N–H and O–H groups in total. The smallest absolute Gasteiger partial charge is 0.307 e. The first-order valence-corrected chi connectivity index (χ1v) is 7.73. The molecule has 5 nitrogen and oxygen atoms in total. The average molecular weight is 276 g/mol. The van der Waals surface area contributed by atoms with Gasteiger partial charge in [0.25, 0.3) is 0 Å². The van der Waals surface area contributed by atoms with E-state index in [9.17, 15) is 4.79 Å². The average Bonchev–Trinajstić information content (AvgIpc) is 2.37. The van der Waals surface area contributed by atoms with E-state index in [1.165, 1.54) is 0 Å². The Bertz CT molecular complexity index is 207. The fraction of sp³-hybridized carbons (Fsp3) is 0.917. The molecule has 0 fully saturated rings. The molecule has 1 unspecified atom stereocenters. The van der Waals surface area contributed by atoms with Gasteiger partial charge in [-0.2, -0.15) is 0 Å². The van der Waals surface area contributed by atoms with E-state index in [4.69, 9.17) is 18.9 Å². The van der Waals surface area contributed by atoms with Crippen LogP contribution >= 0.6 is 0 Å². The first-order chi connectivity index (χ1) is 8.67. The molecule has 0 aliphatic heterocycles. The summed E-state index contributed by atoms with van der Waals surface area (Å²) in [6, 6.07) is 0. The van der Waals surface area contributed by atoms with E-state index in [0.29, 0.717) is 41.8 Å². The predicted molar refractivity (Wildman–Crippen MR) is 69.2 cm³/mol. The van der Waals surface area contributed by atoms with Gasteiger partial charge in [-0.3, -0.25) is 4.79 Å².